The SMILES string of the molecule is Nc1nn2c(Cc3ccc(O)cc3)nnc2s1. The van der Waals surface area contributed by atoms with Gasteiger partial charge in [0, 0.05) is 6.42 Å². The van der Waals surface area contributed by atoms with Crippen LogP contribution in [0.3, 0.4) is 0 Å². The third-order valence-corrected chi connectivity index (χ3v) is 3.10. The van der Waals surface area contributed by atoms with Crippen LogP contribution in [0.2, 0.25) is 0 Å². The van der Waals surface area contributed by atoms with E-state index in [1.165, 1.54) is 11.3 Å². The molecule has 3 N–H and O–H groups in total. The van der Waals surface area contributed by atoms with Gasteiger partial charge in [-0.3, -0.25) is 0 Å². The van der Waals surface area contributed by atoms with Crippen molar-refractivity contribution in [2.24, 2.45) is 0 Å². The van der Waals surface area contributed by atoms with E-state index >= 15 is 0 Å². The molecule has 0 saturated carbocycles. The van der Waals surface area contributed by atoms with Gasteiger partial charge in [-0.25, -0.2) is 0 Å². The first-order chi connectivity index (χ1) is 8.22. The minimum Gasteiger partial charge on any atom is -0.508 e. The largest absolute Gasteiger partial charge is 0.508 e. The van der Waals surface area contributed by atoms with Gasteiger partial charge in [-0.2, -0.15) is 4.52 Å². The number of aromatic nitrogens is 4. The average molecular weight is 247 g/mol. The quantitative estimate of drug-likeness (QED) is 0.707. The first-order valence-electron chi connectivity index (χ1n) is 4.97. The van der Waals surface area contributed by atoms with E-state index in [0.29, 0.717) is 16.5 Å². The second kappa shape index (κ2) is 3.70. The van der Waals surface area contributed by atoms with Gasteiger partial charge in [-0.05, 0) is 17.7 Å². The van der Waals surface area contributed by atoms with Crippen molar-refractivity contribution in [3.05, 3.63) is 35.7 Å². The summed E-state index contributed by atoms with van der Waals surface area (Å²) < 4.78 is 1.65. The van der Waals surface area contributed by atoms with Crippen molar-refractivity contribution in [3.8, 4) is 5.75 Å². The number of rotatable bonds is 2. The summed E-state index contributed by atoms with van der Waals surface area (Å²) in [6.45, 7) is 0. The molecule has 7 heteroatoms. The van der Waals surface area contributed by atoms with Crippen LogP contribution < -0.4 is 5.73 Å². The van der Waals surface area contributed by atoms with Crippen LogP contribution in [-0.2, 0) is 6.42 Å². The first kappa shape index (κ1) is 10.0. The highest BCUT2D eigenvalue weighted by Gasteiger charge is 2.10. The zero-order chi connectivity index (χ0) is 11.8. The van der Waals surface area contributed by atoms with Crippen LogP contribution in [0.5, 0.6) is 5.75 Å². The fourth-order valence-corrected chi connectivity index (χ4v) is 2.20. The molecule has 2 aromatic heterocycles. The Kier molecular flexibility index (Phi) is 2.19. The van der Waals surface area contributed by atoms with Crippen LogP contribution in [-0.4, -0.2) is 24.9 Å². The third-order valence-electron chi connectivity index (χ3n) is 2.37. The van der Waals surface area contributed by atoms with E-state index < -0.39 is 0 Å². The number of nitrogen functional groups attached to an aromatic ring is 1. The number of benzene rings is 1. The van der Waals surface area contributed by atoms with E-state index in [9.17, 15) is 5.11 Å². The molecule has 0 fully saturated rings. The number of phenols is 1. The molecule has 0 amide bonds. The Morgan fingerprint density at radius 2 is 2.00 bits per heavy atom. The van der Waals surface area contributed by atoms with Crippen LogP contribution in [0.4, 0.5) is 5.13 Å². The lowest BCUT2D eigenvalue weighted by molar-refractivity contribution is 0.475. The smallest absolute Gasteiger partial charge is 0.236 e. The number of anilines is 1. The predicted molar refractivity (Wildman–Crippen MR) is 64.0 cm³/mol. The molecule has 6 nitrogen and oxygen atoms in total. The lowest BCUT2D eigenvalue weighted by Gasteiger charge is -1.98. The van der Waals surface area contributed by atoms with Gasteiger partial charge in [0.2, 0.25) is 10.1 Å². The van der Waals surface area contributed by atoms with Gasteiger partial charge < -0.3 is 10.8 Å². The van der Waals surface area contributed by atoms with Crippen molar-refractivity contribution in [1.29, 1.82) is 0 Å². The average Bonchev–Trinajstić information content (AvgIpc) is 2.83. The molecule has 86 valence electrons. The Balaban J connectivity index is 1.96. The number of aromatic hydroxyl groups is 1. The van der Waals surface area contributed by atoms with Gasteiger partial charge in [0.15, 0.2) is 5.82 Å². The molecule has 0 spiro atoms. The summed E-state index contributed by atoms with van der Waals surface area (Å²) in [6.07, 6.45) is 0.602. The molecule has 17 heavy (non-hydrogen) atoms. The van der Waals surface area contributed by atoms with Crippen LogP contribution in [0.1, 0.15) is 11.4 Å². The third kappa shape index (κ3) is 1.80. The number of nitrogens with zero attached hydrogens (tertiary/aromatic N) is 4. The van der Waals surface area contributed by atoms with Crippen molar-refractivity contribution in [2.45, 2.75) is 6.42 Å². The normalized spacial score (nSPS) is 11.1. The van der Waals surface area contributed by atoms with Gasteiger partial charge in [-0.15, -0.1) is 15.3 Å². The topological polar surface area (TPSA) is 89.3 Å². The molecular weight excluding hydrogens is 238 g/mol. The van der Waals surface area contributed by atoms with E-state index in [1.807, 2.05) is 12.1 Å². The van der Waals surface area contributed by atoms with Gasteiger partial charge in [0.1, 0.15) is 5.75 Å². The van der Waals surface area contributed by atoms with E-state index in [2.05, 4.69) is 15.3 Å². The number of hydrogen-bond acceptors (Lipinski definition) is 6. The summed E-state index contributed by atoms with van der Waals surface area (Å²) in [6, 6.07) is 6.96. The Morgan fingerprint density at radius 1 is 1.24 bits per heavy atom. The van der Waals surface area contributed by atoms with Crippen molar-refractivity contribution in [2.75, 3.05) is 5.73 Å². The molecule has 0 bridgehead atoms. The Labute approximate surface area is 100 Å². The van der Waals surface area contributed by atoms with E-state index in [-0.39, 0.29) is 5.75 Å². The fourth-order valence-electron chi connectivity index (χ4n) is 1.58. The molecule has 1 aromatic carbocycles. The van der Waals surface area contributed by atoms with Crippen LogP contribution in [0.15, 0.2) is 24.3 Å². The zero-order valence-corrected chi connectivity index (χ0v) is 9.55. The van der Waals surface area contributed by atoms with E-state index in [1.54, 1.807) is 16.6 Å². The highest BCUT2D eigenvalue weighted by Crippen LogP contribution is 2.17. The molecule has 3 rings (SSSR count). The lowest BCUT2D eigenvalue weighted by Crippen LogP contribution is -1.98. The summed E-state index contributed by atoms with van der Waals surface area (Å²) >= 11 is 1.30. The minimum atomic E-state index is 0.248. The number of phenolic OH excluding ortho intramolecular Hbond substituents is 1. The standard InChI is InChI=1S/C10H9N5OS/c11-9-14-15-8(12-13-10(15)17-9)5-6-1-3-7(16)4-2-6/h1-4,16H,5H2,(H2,11,14). The van der Waals surface area contributed by atoms with Crippen LogP contribution in [0, 0.1) is 0 Å². The molecule has 0 atom stereocenters. The van der Waals surface area contributed by atoms with Gasteiger partial charge in [-0.1, -0.05) is 23.5 Å². The highest BCUT2D eigenvalue weighted by molar-refractivity contribution is 7.20. The number of fused-ring (bicyclic) bond motifs is 1. The second-order valence-electron chi connectivity index (χ2n) is 3.59. The summed E-state index contributed by atoms with van der Waals surface area (Å²) in [5, 5.41) is 21.8. The molecule has 0 aliphatic rings. The highest BCUT2D eigenvalue weighted by atomic mass is 32.1. The molecule has 0 aliphatic carbocycles. The summed E-state index contributed by atoms with van der Waals surface area (Å²) in [5.74, 6) is 0.983. The molecule has 0 unspecified atom stereocenters. The van der Waals surface area contributed by atoms with E-state index in [0.717, 1.165) is 11.4 Å². The van der Waals surface area contributed by atoms with Crippen molar-refractivity contribution >= 4 is 21.4 Å². The minimum absolute atomic E-state index is 0.248. The molecule has 0 radical (unpaired) electrons. The first-order valence-corrected chi connectivity index (χ1v) is 5.78. The maximum absolute atomic E-state index is 9.20. The zero-order valence-electron chi connectivity index (χ0n) is 8.74. The molecular formula is C10H9N5OS. The van der Waals surface area contributed by atoms with Crippen molar-refractivity contribution in [3.63, 3.8) is 0 Å². The van der Waals surface area contributed by atoms with Crippen LogP contribution >= 0.6 is 11.3 Å². The van der Waals surface area contributed by atoms with Crippen molar-refractivity contribution < 1.29 is 5.11 Å². The maximum Gasteiger partial charge on any atom is 0.236 e. The molecule has 2 heterocycles. The Morgan fingerprint density at radius 3 is 2.76 bits per heavy atom. The van der Waals surface area contributed by atoms with Gasteiger partial charge >= 0.3 is 0 Å². The molecule has 0 aliphatic heterocycles. The summed E-state index contributed by atoms with van der Waals surface area (Å²) in [5.41, 5.74) is 6.63. The molecule has 3 aromatic rings. The monoisotopic (exact) mass is 247 g/mol. The number of hydrogen-bond donors (Lipinski definition) is 2. The van der Waals surface area contributed by atoms with Crippen LogP contribution in [0.25, 0.3) is 4.96 Å². The molecule has 0 saturated heterocycles. The lowest BCUT2D eigenvalue weighted by atomic mass is 10.1. The maximum atomic E-state index is 9.20. The van der Waals surface area contributed by atoms with Crippen molar-refractivity contribution in [1.82, 2.24) is 19.8 Å². The number of nitrogens with two attached hydrogens (primary N) is 1. The van der Waals surface area contributed by atoms with E-state index in [4.69, 9.17) is 5.73 Å². The Hall–Kier alpha value is -2.15. The fraction of sp³-hybridized carbons (Fsp3) is 0.100. The van der Waals surface area contributed by atoms with Gasteiger partial charge in [0.25, 0.3) is 0 Å². The summed E-state index contributed by atoms with van der Waals surface area (Å²) in [4.78, 5) is 0.691. The van der Waals surface area contributed by atoms with Gasteiger partial charge in [0.05, 0.1) is 0 Å². The summed E-state index contributed by atoms with van der Waals surface area (Å²) in [7, 11) is 0. The second-order valence-corrected chi connectivity index (χ2v) is 4.58. The predicted octanol–water partition coefficient (Wildman–Crippen LogP) is 1.06. The Bertz CT molecular complexity index is 657.